The maximum atomic E-state index is 12.9. The molecule has 1 heterocycles. The first kappa shape index (κ1) is 23.1. The maximum Gasteiger partial charge on any atom is 0.244 e. The van der Waals surface area contributed by atoms with Crippen LogP contribution in [0.3, 0.4) is 0 Å². The largest absolute Gasteiger partial charge is 0.495 e. The van der Waals surface area contributed by atoms with Crippen LogP contribution in [-0.2, 0) is 23.0 Å². The molecule has 1 aliphatic heterocycles. The van der Waals surface area contributed by atoms with Gasteiger partial charge >= 0.3 is 0 Å². The first-order valence-corrected chi connectivity index (χ1v) is 13.2. The van der Waals surface area contributed by atoms with E-state index in [0.29, 0.717) is 18.2 Å². The summed E-state index contributed by atoms with van der Waals surface area (Å²) in [6, 6.07) is 13.9. The molecular weight excluding hydrogens is 416 g/mol. The van der Waals surface area contributed by atoms with Gasteiger partial charge in [-0.15, -0.1) is 11.8 Å². The Bertz CT molecular complexity index is 939. The van der Waals surface area contributed by atoms with Gasteiger partial charge in [-0.05, 0) is 73.9 Å². The number of benzene rings is 2. The molecule has 7 heteroatoms. The van der Waals surface area contributed by atoms with Gasteiger partial charge in [0.15, 0.2) is 0 Å². The summed E-state index contributed by atoms with van der Waals surface area (Å²) >= 11 is 1.79. The van der Waals surface area contributed by atoms with Crippen LogP contribution in [0.2, 0.25) is 0 Å². The Kier molecular flexibility index (Phi) is 8.22. The van der Waals surface area contributed by atoms with Gasteiger partial charge in [-0.1, -0.05) is 31.2 Å². The third kappa shape index (κ3) is 5.78. The van der Waals surface area contributed by atoms with Crippen molar-refractivity contribution in [3.05, 3.63) is 53.6 Å². The van der Waals surface area contributed by atoms with E-state index in [9.17, 15) is 8.42 Å². The number of hydrogen-bond donors (Lipinski definition) is 1. The molecule has 0 unspecified atom stereocenters. The number of aryl methyl sites for hydroxylation is 1. The maximum absolute atomic E-state index is 12.9. The van der Waals surface area contributed by atoms with Gasteiger partial charge in [-0.2, -0.15) is 0 Å². The summed E-state index contributed by atoms with van der Waals surface area (Å²) in [4.78, 5) is 4.03. The molecule has 5 nitrogen and oxygen atoms in total. The molecule has 1 fully saturated rings. The van der Waals surface area contributed by atoms with E-state index < -0.39 is 10.0 Å². The molecule has 30 heavy (non-hydrogen) atoms. The number of methoxy groups -OCH3 is 1. The lowest BCUT2D eigenvalue weighted by molar-refractivity contribution is 0.177. The zero-order valence-corrected chi connectivity index (χ0v) is 19.7. The molecule has 0 amide bonds. The fourth-order valence-electron chi connectivity index (χ4n) is 3.88. The number of hydrogen-bond acceptors (Lipinski definition) is 5. The first-order chi connectivity index (χ1) is 14.5. The van der Waals surface area contributed by atoms with Crippen LogP contribution in [0.25, 0.3) is 0 Å². The molecule has 0 radical (unpaired) electrons. The van der Waals surface area contributed by atoms with Gasteiger partial charge in [0, 0.05) is 18.0 Å². The van der Waals surface area contributed by atoms with Gasteiger partial charge in [0.05, 0.1) is 7.11 Å². The quantitative estimate of drug-likeness (QED) is 0.584. The van der Waals surface area contributed by atoms with Crippen LogP contribution >= 0.6 is 11.8 Å². The second-order valence-electron chi connectivity index (χ2n) is 7.72. The molecule has 164 valence electrons. The van der Waals surface area contributed by atoms with Crippen molar-refractivity contribution in [2.75, 3.05) is 33.0 Å². The Hall–Kier alpha value is -1.54. The molecule has 0 aliphatic carbocycles. The Morgan fingerprint density at radius 2 is 1.90 bits per heavy atom. The highest BCUT2D eigenvalue weighted by molar-refractivity contribution is 7.98. The van der Waals surface area contributed by atoms with Crippen molar-refractivity contribution < 1.29 is 13.2 Å². The van der Waals surface area contributed by atoms with Gasteiger partial charge in [-0.3, -0.25) is 4.90 Å². The normalized spacial score (nSPS) is 16.0. The Morgan fingerprint density at radius 3 is 2.57 bits per heavy atom. The van der Waals surface area contributed by atoms with E-state index in [1.165, 1.54) is 17.6 Å². The van der Waals surface area contributed by atoms with Crippen LogP contribution in [0.1, 0.15) is 30.9 Å². The summed E-state index contributed by atoms with van der Waals surface area (Å²) in [6.45, 7) is 5.41. The topological polar surface area (TPSA) is 58.6 Å². The SMILES string of the molecule is CCc1ccc(OC)c(S(=O)(=O)NCC2CCN(Cc3ccccc3SC)CC2)c1. The van der Waals surface area contributed by atoms with Crippen LogP contribution in [0.15, 0.2) is 52.3 Å². The minimum absolute atomic E-state index is 0.232. The summed E-state index contributed by atoms with van der Waals surface area (Å²) in [5.41, 5.74) is 2.35. The zero-order chi connectivity index (χ0) is 21.6. The highest BCUT2D eigenvalue weighted by Crippen LogP contribution is 2.27. The highest BCUT2D eigenvalue weighted by Gasteiger charge is 2.24. The highest BCUT2D eigenvalue weighted by atomic mass is 32.2. The van der Waals surface area contributed by atoms with Crippen molar-refractivity contribution in [1.82, 2.24) is 9.62 Å². The fourth-order valence-corrected chi connectivity index (χ4v) is 5.82. The van der Waals surface area contributed by atoms with Gasteiger partial charge in [0.2, 0.25) is 10.0 Å². The number of rotatable bonds is 9. The summed E-state index contributed by atoms with van der Waals surface area (Å²) in [5.74, 6) is 0.745. The van der Waals surface area contributed by atoms with Gasteiger partial charge in [0.25, 0.3) is 0 Å². The molecule has 1 N–H and O–H groups in total. The van der Waals surface area contributed by atoms with E-state index in [0.717, 1.165) is 44.5 Å². The standard InChI is InChI=1S/C23H32N2O3S2/c1-4-18-9-10-21(28-2)23(15-18)30(26,27)24-16-19-11-13-25(14-12-19)17-20-7-5-6-8-22(20)29-3/h5-10,15,19,24H,4,11-14,16-17H2,1-3H3. The van der Waals surface area contributed by atoms with E-state index in [1.807, 2.05) is 13.0 Å². The number of ether oxygens (including phenoxy) is 1. The number of thioether (sulfide) groups is 1. The van der Waals surface area contributed by atoms with E-state index in [-0.39, 0.29) is 4.90 Å². The van der Waals surface area contributed by atoms with Crippen molar-refractivity contribution in [3.8, 4) is 5.75 Å². The molecule has 0 atom stereocenters. The third-order valence-corrected chi connectivity index (χ3v) is 8.06. The Balaban J connectivity index is 1.55. The Morgan fingerprint density at radius 1 is 1.17 bits per heavy atom. The molecule has 0 saturated carbocycles. The van der Waals surface area contributed by atoms with Crippen LogP contribution in [0.4, 0.5) is 0 Å². The lowest BCUT2D eigenvalue weighted by Gasteiger charge is -2.32. The molecule has 0 bridgehead atoms. The van der Waals surface area contributed by atoms with Crippen LogP contribution in [-0.4, -0.2) is 46.3 Å². The van der Waals surface area contributed by atoms with Crippen molar-refractivity contribution >= 4 is 21.8 Å². The van der Waals surface area contributed by atoms with Crippen LogP contribution in [0, 0.1) is 5.92 Å². The summed E-state index contributed by atoms with van der Waals surface area (Å²) < 4.78 is 33.9. The number of sulfonamides is 1. The minimum Gasteiger partial charge on any atom is -0.495 e. The molecular formula is C23H32N2O3S2. The van der Waals surface area contributed by atoms with Crippen molar-refractivity contribution in [3.63, 3.8) is 0 Å². The van der Waals surface area contributed by atoms with E-state index in [1.54, 1.807) is 23.9 Å². The minimum atomic E-state index is -3.60. The molecule has 0 spiro atoms. The lowest BCUT2D eigenvalue weighted by Crippen LogP contribution is -2.38. The van der Waals surface area contributed by atoms with Crippen LogP contribution in [0.5, 0.6) is 5.75 Å². The second-order valence-corrected chi connectivity index (χ2v) is 10.3. The van der Waals surface area contributed by atoms with E-state index in [4.69, 9.17) is 4.74 Å². The average molecular weight is 449 g/mol. The van der Waals surface area contributed by atoms with Gasteiger partial charge in [0.1, 0.15) is 10.6 Å². The smallest absolute Gasteiger partial charge is 0.244 e. The molecule has 0 aromatic heterocycles. The number of likely N-dealkylation sites (tertiary alicyclic amines) is 1. The zero-order valence-electron chi connectivity index (χ0n) is 18.1. The molecule has 2 aromatic rings. The molecule has 1 aliphatic rings. The first-order valence-electron chi connectivity index (χ1n) is 10.5. The van der Waals surface area contributed by atoms with Crippen molar-refractivity contribution in [2.45, 2.75) is 42.5 Å². The number of nitrogens with one attached hydrogen (secondary N) is 1. The second kappa shape index (κ2) is 10.7. The predicted molar refractivity (Wildman–Crippen MR) is 124 cm³/mol. The van der Waals surface area contributed by atoms with Crippen molar-refractivity contribution in [2.24, 2.45) is 5.92 Å². The van der Waals surface area contributed by atoms with Crippen LogP contribution < -0.4 is 9.46 Å². The number of nitrogens with zero attached hydrogens (tertiary/aromatic N) is 1. The molecule has 1 saturated heterocycles. The summed E-state index contributed by atoms with van der Waals surface area (Å²) in [5, 5.41) is 0. The average Bonchev–Trinajstić information content (AvgIpc) is 2.78. The molecule has 2 aromatic carbocycles. The summed E-state index contributed by atoms with van der Waals surface area (Å²) in [7, 11) is -2.09. The van der Waals surface area contributed by atoms with Gasteiger partial charge in [-0.25, -0.2) is 13.1 Å². The number of piperidine rings is 1. The van der Waals surface area contributed by atoms with Gasteiger partial charge < -0.3 is 4.74 Å². The molecule has 3 rings (SSSR count). The fraction of sp³-hybridized carbons (Fsp3) is 0.478. The van der Waals surface area contributed by atoms with Crippen molar-refractivity contribution in [1.29, 1.82) is 0 Å². The summed E-state index contributed by atoms with van der Waals surface area (Å²) in [6.07, 6.45) is 4.89. The lowest BCUT2D eigenvalue weighted by atomic mass is 9.97. The van der Waals surface area contributed by atoms with E-state index in [2.05, 4.69) is 40.1 Å². The Labute approximate surface area is 185 Å². The monoisotopic (exact) mass is 448 g/mol. The predicted octanol–water partition coefficient (Wildman–Crippen LogP) is 4.17. The van der Waals surface area contributed by atoms with E-state index >= 15 is 0 Å². The third-order valence-electron chi connectivity index (χ3n) is 5.78.